The summed E-state index contributed by atoms with van der Waals surface area (Å²) in [7, 11) is -1.83. The molecule has 0 bridgehead atoms. The van der Waals surface area contributed by atoms with Crippen LogP contribution in [0.2, 0.25) is 0 Å². The number of thioether (sulfide) groups is 1. The lowest BCUT2D eigenvalue weighted by Gasteiger charge is -2.12. The Morgan fingerprint density at radius 1 is 1.06 bits per heavy atom. The number of amides is 1. The van der Waals surface area contributed by atoms with Crippen LogP contribution >= 0.6 is 11.8 Å². The van der Waals surface area contributed by atoms with E-state index in [-0.39, 0.29) is 24.8 Å². The molecule has 11 nitrogen and oxygen atoms in total. The van der Waals surface area contributed by atoms with Crippen molar-refractivity contribution >= 4 is 39.3 Å². The first-order valence-electron chi connectivity index (χ1n) is 10.4. The summed E-state index contributed by atoms with van der Waals surface area (Å²) in [6.07, 6.45) is 1.08. The number of anilines is 1. The Morgan fingerprint density at radius 3 is 2.34 bits per heavy atom. The maximum absolute atomic E-state index is 12.2. The van der Waals surface area contributed by atoms with Gasteiger partial charge in [0.2, 0.25) is 15.9 Å². The average molecular weight is 520 g/mol. The maximum Gasteiger partial charge on any atom is 0.325 e. The number of nitrogens with one attached hydrogen (secondary N) is 2. The van der Waals surface area contributed by atoms with Crippen LogP contribution in [-0.4, -0.2) is 67.3 Å². The number of hydrogen-bond donors (Lipinski definition) is 2. The van der Waals surface area contributed by atoms with E-state index in [0.717, 1.165) is 23.7 Å². The smallest absolute Gasteiger partial charge is 0.325 e. The molecule has 0 fully saturated rings. The topological polar surface area (TPSA) is 142 Å². The quantitative estimate of drug-likeness (QED) is 0.288. The minimum Gasteiger partial charge on any atom is -0.497 e. The van der Waals surface area contributed by atoms with Gasteiger partial charge in [0.05, 0.1) is 25.7 Å². The molecule has 3 rings (SSSR count). The zero-order valence-corrected chi connectivity index (χ0v) is 21.0. The van der Waals surface area contributed by atoms with Crippen LogP contribution in [0.15, 0.2) is 53.7 Å². The summed E-state index contributed by atoms with van der Waals surface area (Å²) >= 11 is 1.15. The Balaban J connectivity index is 1.86. The van der Waals surface area contributed by atoms with Crippen LogP contribution in [0.5, 0.6) is 5.75 Å². The first kappa shape index (κ1) is 26.0. The largest absolute Gasteiger partial charge is 0.497 e. The van der Waals surface area contributed by atoms with Crippen LogP contribution in [0.3, 0.4) is 0 Å². The summed E-state index contributed by atoms with van der Waals surface area (Å²) in [4.78, 5) is 23.7. The number of methoxy groups -OCH3 is 1. The van der Waals surface area contributed by atoms with Crippen molar-refractivity contribution in [1.82, 2.24) is 20.1 Å². The molecule has 0 atom stereocenters. The molecule has 2 aromatic carbocycles. The molecule has 0 unspecified atom stereocenters. The summed E-state index contributed by atoms with van der Waals surface area (Å²) < 4.78 is 37.2. The molecular weight excluding hydrogens is 494 g/mol. The van der Waals surface area contributed by atoms with E-state index in [1.54, 1.807) is 55.0 Å². The molecule has 1 heterocycles. The summed E-state index contributed by atoms with van der Waals surface area (Å²) in [5, 5.41) is 11.5. The molecule has 0 saturated carbocycles. The highest BCUT2D eigenvalue weighted by molar-refractivity contribution is 7.99. The summed E-state index contributed by atoms with van der Waals surface area (Å²) in [6.45, 7) is 1.72. The third-order valence-corrected chi connectivity index (χ3v) is 6.01. The monoisotopic (exact) mass is 519 g/mol. The third kappa shape index (κ3) is 7.45. The fourth-order valence-corrected chi connectivity index (χ4v) is 4.33. The molecule has 0 aliphatic heterocycles. The van der Waals surface area contributed by atoms with Crippen LogP contribution in [0.1, 0.15) is 6.92 Å². The second-order valence-corrected chi connectivity index (χ2v) is 9.85. The molecule has 1 aromatic heterocycles. The number of hydrogen-bond acceptors (Lipinski definition) is 9. The van der Waals surface area contributed by atoms with Gasteiger partial charge in [0, 0.05) is 16.9 Å². The van der Waals surface area contributed by atoms with Gasteiger partial charge in [-0.25, -0.2) is 8.42 Å². The van der Waals surface area contributed by atoms with Gasteiger partial charge in [-0.3, -0.25) is 18.9 Å². The van der Waals surface area contributed by atoms with Crippen molar-refractivity contribution in [2.24, 2.45) is 0 Å². The van der Waals surface area contributed by atoms with Gasteiger partial charge in [-0.05, 0) is 55.5 Å². The molecule has 13 heteroatoms. The summed E-state index contributed by atoms with van der Waals surface area (Å²) in [6, 6.07) is 13.9. The molecule has 186 valence electrons. The van der Waals surface area contributed by atoms with E-state index in [4.69, 9.17) is 9.47 Å². The minimum atomic E-state index is -3.40. The third-order valence-electron chi connectivity index (χ3n) is 4.48. The van der Waals surface area contributed by atoms with E-state index in [9.17, 15) is 18.0 Å². The molecule has 1 amide bonds. The normalized spacial score (nSPS) is 11.1. The molecule has 2 N–H and O–H groups in total. The molecule has 0 spiro atoms. The number of sulfonamides is 1. The lowest BCUT2D eigenvalue weighted by atomic mass is 10.2. The van der Waals surface area contributed by atoms with Crippen LogP contribution in [0.25, 0.3) is 17.1 Å². The van der Waals surface area contributed by atoms with Crippen LogP contribution in [-0.2, 0) is 24.3 Å². The molecule has 0 radical (unpaired) electrons. The molecule has 3 aromatic rings. The highest BCUT2D eigenvalue weighted by Crippen LogP contribution is 2.29. The first-order valence-corrected chi connectivity index (χ1v) is 13.3. The van der Waals surface area contributed by atoms with Gasteiger partial charge in [-0.2, -0.15) is 0 Å². The highest BCUT2D eigenvalue weighted by atomic mass is 32.2. The second-order valence-electron chi connectivity index (χ2n) is 7.16. The highest BCUT2D eigenvalue weighted by Gasteiger charge is 2.18. The molecule has 0 aliphatic rings. The van der Waals surface area contributed by atoms with Crippen molar-refractivity contribution in [3.63, 3.8) is 0 Å². The van der Waals surface area contributed by atoms with Crippen molar-refractivity contribution < 1.29 is 27.5 Å². The van der Waals surface area contributed by atoms with Gasteiger partial charge in [0.25, 0.3) is 0 Å². The van der Waals surface area contributed by atoms with E-state index in [2.05, 4.69) is 20.2 Å². The summed E-state index contributed by atoms with van der Waals surface area (Å²) in [5.74, 6) is 0.307. The standard InChI is InChI=1S/C22H25N5O6S2/c1-4-33-20(29)13-23-19(28)14-34-22-25-24-21(27(22)17-9-11-18(32-2)12-10-17)15-5-7-16(8-6-15)26-35(3,30)31/h5-12,26H,4,13-14H2,1-3H3,(H,23,28). The maximum atomic E-state index is 12.2. The van der Waals surface area contributed by atoms with Gasteiger partial charge in [-0.15, -0.1) is 10.2 Å². The summed E-state index contributed by atoms with van der Waals surface area (Å²) in [5.41, 5.74) is 1.84. The van der Waals surface area contributed by atoms with Crippen LogP contribution in [0.4, 0.5) is 5.69 Å². The number of ether oxygens (including phenoxy) is 2. The Hall–Kier alpha value is -3.58. The Kier molecular flexibility index (Phi) is 8.71. The predicted molar refractivity (Wildman–Crippen MR) is 132 cm³/mol. The van der Waals surface area contributed by atoms with Crippen LogP contribution in [0, 0.1) is 0 Å². The second kappa shape index (κ2) is 11.7. The Morgan fingerprint density at radius 2 is 1.74 bits per heavy atom. The van der Waals surface area contributed by atoms with E-state index < -0.39 is 16.0 Å². The molecule has 0 aliphatic carbocycles. The number of carbonyl (C=O) groups is 2. The van der Waals surface area contributed by atoms with Crippen molar-refractivity contribution in [3.05, 3.63) is 48.5 Å². The van der Waals surface area contributed by atoms with E-state index in [0.29, 0.717) is 28.0 Å². The van der Waals surface area contributed by atoms with E-state index in [1.165, 1.54) is 0 Å². The molecule has 0 saturated heterocycles. The number of carbonyl (C=O) groups excluding carboxylic acids is 2. The zero-order chi connectivity index (χ0) is 25.4. The molecule has 35 heavy (non-hydrogen) atoms. The van der Waals surface area contributed by atoms with E-state index >= 15 is 0 Å². The number of aromatic nitrogens is 3. The zero-order valence-electron chi connectivity index (χ0n) is 19.3. The lowest BCUT2D eigenvalue weighted by molar-refractivity contribution is -0.143. The SMILES string of the molecule is CCOC(=O)CNC(=O)CSc1nnc(-c2ccc(NS(C)(=O)=O)cc2)n1-c1ccc(OC)cc1. The number of nitrogens with zero attached hydrogens (tertiary/aromatic N) is 3. The number of rotatable bonds is 11. The minimum absolute atomic E-state index is 0.00487. The average Bonchev–Trinajstić information content (AvgIpc) is 3.25. The van der Waals surface area contributed by atoms with Gasteiger partial charge in [0.1, 0.15) is 12.3 Å². The van der Waals surface area contributed by atoms with Gasteiger partial charge < -0.3 is 14.8 Å². The van der Waals surface area contributed by atoms with Crippen molar-refractivity contribution in [1.29, 1.82) is 0 Å². The number of esters is 1. The Bertz CT molecular complexity index is 1270. The first-order chi connectivity index (χ1) is 16.7. The molecular formula is C22H25N5O6S2. The van der Waals surface area contributed by atoms with Crippen molar-refractivity contribution in [2.75, 3.05) is 37.0 Å². The Labute approximate surface area is 207 Å². The van der Waals surface area contributed by atoms with Crippen molar-refractivity contribution in [3.8, 4) is 22.8 Å². The number of benzene rings is 2. The van der Waals surface area contributed by atoms with Crippen LogP contribution < -0.4 is 14.8 Å². The van der Waals surface area contributed by atoms with Gasteiger partial charge >= 0.3 is 5.97 Å². The van der Waals surface area contributed by atoms with E-state index in [1.807, 2.05) is 12.1 Å². The fraction of sp³-hybridized carbons (Fsp3) is 0.273. The van der Waals surface area contributed by atoms with Gasteiger partial charge in [0.15, 0.2) is 11.0 Å². The van der Waals surface area contributed by atoms with Gasteiger partial charge in [-0.1, -0.05) is 11.8 Å². The predicted octanol–water partition coefficient (Wildman–Crippen LogP) is 2.09. The lowest BCUT2D eigenvalue weighted by Crippen LogP contribution is -2.31. The van der Waals surface area contributed by atoms with Crippen molar-refractivity contribution in [2.45, 2.75) is 12.1 Å². The fourth-order valence-electron chi connectivity index (χ4n) is 2.98.